The molecule has 0 aromatic carbocycles. The van der Waals surface area contributed by atoms with Crippen LogP contribution in [0.15, 0.2) is 0 Å². The molecule has 3 aliphatic carbocycles. The summed E-state index contributed by atoms with van der Waals surface area (Å²) in [5.41, 5.74) is 5.34. The lowest BCUT2D eigenvalue weighted by molar-refractivity contribution is -0.120. The van der Waals surface area contributed by atoms with E-state index in [-0.39, 0.29) is 12.3 Å². The Kier molecular flexibility index (Phi) is 2.03. The number of fused-ring (bicyclic) bond motifs is 5. The molecule has 3 N–H and O–H groups in total. The van der Waals surface area contributed by atoms with E-state index in [0.29, 0.717) is 11.0 Å². The zero-order valence-corrected chi connectivity index (χ0v) is 9.43. The SMILES string of the molecule is NC(=S)CC(=O)NC1C2C3CCC(C3)C12. The average molecular weight is 224 g/mol. The summed E-state index contributed by atoms with van der Waals surface area (Å²) in [5.74, 6) is 3.39. The third-order valence-corrected chi connectivity index (χ3v) is 4.54. The first-order valence-corrected chi connectivity index (χ1v) is 6.15. The third kappa shape index (κ3) is 1.46. The minimum absolute atomic E-state index is 0.0151. The van der Waals surface area contributed by atoms with E-state index in [0.717, 1.165) is 23.7 Å². The number of hydrogen-bond acceptors (Lipinski definition) is 2. The highest BCUT2D eigenvalue weighted by Gasteiger charge is 2.65. The number of hydrogen-bond donors (Lipinski definition) is 2. The molecule has 1 amide bonds. The Labute approximate surface area is 94.8 Å². The lowest BCUT2D eigenvalue weighted by atomic mass is 10.0. The van der Waals surface area contributed by atoms with Crippen molar-refractivity contribution in [3.8, 4) is 0 Å². The second-order valence-corrected chi connectivity index (χ2v) is 5.75. The van der Waals surface area contributed by atoms with Gasteiger partial charge in [-0.25, -0.2) is 0 Å². The van der Waals surface area contributed by atoms with E-state index in [4.69, 9.17) is 18.0 Å². The summed E-state index contributed by atoms with van der Waals surface area (Å²) < 4.78 is 0. The molecule has 4 heteroatoms. The molecule has 0 heterocycles. The quantitative estimate of drug-likeness (QED) is 0.698. The Bertz CT molecular complexity index is 315. The fraction of sp³-hybridized carbons (Fsp3) is 0.818. The number of nitrogens with one attached hydrogen (secondary N) is 1. The maximum absolute atomic E-state index is 11.5. The molecule has 3 rings (SSSR count). The van der Waals surface area contributed by atoms with Crippen molar-refractivity contribution in [2.75, 3.05) is 0 Å². The van der Waals surface area contributed by atoms with Crippen LogP contribution >= 0.6 is 12.2 Å². The normalized spacial score (nSPS) is 44.9. The fourth-order valence-electron chi connectivity index (χ4n) is 3.91. The van der Waals surface area contributed by atoms with Gasteiger partial charge in [-0.2, -0.15) is 0 Å². The molecule has 0 aromatic rings. The summed E-state index contributed by atoms with van der Waals surface area (Å²) in [4.78, 5) is 11.8. The Hall–Kier alpha value is -0.640. The van der Waals surface area contributed by atoms with Crippen molar-refractivity contribution in [1.82, 2.24) is 5.32 Å². The van der Waals surface area contributed by atoms with Gasteiger partial charge < -0.3 is 11.1 Å². The highest BCUT2D eigenvalue weighted by molar-refractivity contribution is 7.80. The second-order valence-electron chi connectivity index (χ2n) is 5.22. The first-order chi connectivity index (χ1) is 7.16. The largest absolute Gasteiger partial charge is 0.393 e. The van der Waals surface area contributed by atoms with Crippen molar-refractivity contribution < 1.29 is 4.79 Å². The van der Waals surface area contributed by atoms with Crippen LogP contribution in [-0.4, -0.2) is 16.9 Å². The van der Waals surface area contributed by atoms with Crippen LogP contribution in [0.4, 0.5) is 0 Å². The van der Waals surface area contributed by atoms with Crippen molar-refractivity contribution in [1.29, 1.82) is 0 Å². The summed E-state index contributed by atoms with van der Waals surface area (Å²) in [5, 5.41) is 3.08. The molecule has 3 nitrogen and oxygen atoms in total. The Morgan fingerprint density at radius 2 is 1.93 bits per heavy atom. The molecule has 2 bridgehead atoms. The molecule has 0 aromatic heterocycles. The molecule has 3 aliphatic rings. The summed E-state index contributed by atoms with van der Waals surface area (Å²) in [6.07, 6.45) is 4.39. The van der Waals surface area contributed by atoms with E-state index in [1.807, 2.05) is 0 Å². The van der Waals surface area contributed by atoms with Crippen molar-refractivity contribution >= 4 is 23.1 Å². The highest BCUT2D eigenvalue weighted by Crippen LogP contribution is 2.65. The van der Waals surface area contributed by atoms with Gasteiger partial charge in [0, 0.05) is 6.04 Å². The number of nitrogens with two attached hydrogens (primary N) is 1. The van der Waals surface area contributed by atoms with Crippen LogP contribution < -0.4 is 11.1 Å². The first-order valence-electron chi connectivity index (χ1n) is 5.74. The van der Waals surface area contributed by atoms with E-state index >= 15 is 0 Å². The fourth-order valence-corrected chi connectivity index (χ4v) is 4.04. The number of amides is 1. The lowest BCUT2D eigenvalue weighted by Crippen LogP contribution is -2.32. The number of thiocarbonyl (C=S) groups is 1. The van der Waals surface area contributed by atoms with Gasteiger partial charge >= 0.3 is 0 Å². The van der Waals surface area contributed by atoms with Crippen LogP contribution in [-0.2, 0) is 4.79 Å². The predicted molar refractivity (Wildman–Crippen MR) is 61.1 cm³/mol. The van der Waals surface area contributed by atoms with Crippen LogP contribution in [0.1, 0.15) is 25.7 Å². The lowest BCUT2D eigenvalue weighted by Gasteiger charge is -2.10. The zero-order chi connectivity index (χ0) is 10.6. The Balaban J connectivity index is 1.55. The maximum atomic E-state index is 11.5. The van der Waals surface area contributed by atoms with Crippen molar-refractivity contribution in [2.24, 2.45) is 29.4 Å². The molecule has 0 saturated heterocycles. The molecule has 3 fully saturated rings. The van der Waals surface area contributed by atoms with Crippen LogP contribution in [0.5, 0.6) is 0 Å². The summed E-state index contributed by atoms with van der Waals surface area (Å²) in [6.45, 7) is 0. The van der Waals surface area contributed by atoms with Gasteiger partial charge in [0.05, 0.1) is 11.4 Å². The zero-order valence-electron chi connectivity index (χ0n) is 8.61. The summed E-state index contributed by atoms with van der Waals surface area (Å²) in [7, 11) is 0. The molecule has 3 saturated carbocycles. The van der Waals surface area contributed by atoms with E-state index < -0.39 is 0 Å². The van der Waals surface area contributed by atoms with Crippen molar-refractivity contribution in [2.45, 2.75) is 31.7 Å². The van der Waals surface area contributed by atoms with Gasteiger partial charge in [-0.05, 0) is 42.9 Å². The number of rotatable bonds is 3. The van der Waals surface area contributed by atoms with Crippen LogP contribution in [0, 0.1) is 23.7 Å². The summed E-state index contributed by atoms with van der Waals surface area (Å²) in [6, 6.07) is 0.457. The monoisotopic (exact) mass is 224 g/mol. The van der Waals surface area contributed by atoms with Gasteiger partial charge in [0.25, 0.3) is 0 Å². The first kappa shape index (κ1) is 9.58. The second kappa shape index (κ2) is 3.17. The standard InChI is InChI=1S/C11H16N2OS/c12-7(15)4-8(14)13-11-9-5-1-2-6(3-5)10(9)11/h5-6,9-11H,1-4H2,(H2,12,15)(H,13,14). The molecule has 82 valence electrons. The van der Waals surface area contributed by atoms with Crippen molar-refractivity contribution in [3.63, 3.8) is 0 Å². The third-order valence-electron chi connectivity index (χ3n) is 4.40. The maximum Gasteiger partial charge on any atom is 0.227 e. The number of carbonyl (C=O) groups excluding carboxylic acids is 1. The van der Waals surface area contributed by atoms with Gasteiger partial charge in [0.15, 0.2) is 0 Å². The molecular weight excluding hydrogens is 208 g/mol. The molecule has 0 radical (unpaired) electrons. The van der Waals surface area contributed by atoms with Gasteiger partial charge in [0.2, 0.25) is 5.91 Å². The van der Waals surface area contributed by atoms with E-state index in [2.05, 4.69) is 5.32 Å². The van der Waals surface area contributed by atoms with E-state index in [1.54, 1.807) is 0 Å². The van der Waals surface area contributed by atoms with Crippen molar-refractivity contribution in [3.05, 3.63) is 0 Å². The summed E-state index contributed by atoms with van der Waals surface area (Å²) >= 11 is 4.72. The van der Waals surface area contributed by atoms with Gasteiger partial charge in [-0.3, -0.25) is 4.79 Å². The number of carbonyl (C=O) groups is 1. The molecule has 0 spiro atoms. The van der Waals surface area contributed by atoms with E-state index in [1.165, 1.54) is 19.3 Å². The van der Waals surface area contributed by atoms with Crippen LogP contribution in [0.3, 0.4) is 0 Å². The van der Waals surface area contributed by atoms with Crippen LogP contribution in [0.2, 0.25) is 0 Å². The topological polar surface area (TPSA) is 55.1 Å². The molecular formula is C11H16N2OS. The minimum Gasteiger partial charge on any atom is -0.393 e. The van der Waals surface area contributed by atoms with Gasteiger partial charge in [0.1, 0.15) is 0 Å². The Morgan fingerprint density at radius 1 is 1.33 bits per heavy atom. The van der Waals surface area contributed by atoms with Gasteiger partial charge in [-0.1, -0.05) is 12.2 Å². The van der Waals surface area contributed by atoms with Gasteiger partial charge in [-0.15, -0.1) is 0 Å². The highest BCUT2D eigenvalue weighted by atomic mass is 32.1. The average Bonchev–Trinajstić information content (AvgIpc) is 2.58. The van der Waals surface area contributed by atoms with Crippen LogP contribution in [0.25, 0.3) is 0 Å². The molecule has 0 aliphatic heterocycles. The minimum atomic E-state index is 0.0151. The molecule has 15 heavy (non-hydrogen) atoms. The Morgan fingerprint density at radius 3 is 2.47 bits per heavy atom. The molecule has 4 unspecified atom stereocenters. The van der Waals surface area contributed by atoms with E-state index in [9.17, 15) is 4.79 Å². The predicted octanol–water partition coefficient (Wildman–Crippen LogP) is 0.823. The smallest absolute Gasteiger partial charge is 0.227 e. The molecule has 4 atom stereocenters.